The molecule has 1 aliphatic rings. The largest absolute Gasteiger partial charge is 0.337 e. The predicted molar refractivity (Wildman–Crippen MR) is 79.4 cm³/mol. The van der Waals surface area contributed by atoms with E-state index >= 15 is 0 Å². The van der Waals surface area contributed by atoms with Crippen LogP contribution in [-0.2, 0) is 6.54 Å². The molecule has 1 atom stereocenters. The van der Waals surface area contributed by atoms with Crippen LogP contribution in [0, 0.1) is 0 Å². The van der Waals surface area contributed by atoms with Crippen LogP contribution in [0.1, 0.15) is 36.3 Å². The highest BCUT2D eigenvalue weighted by molar-refractivity contribution is 5.94. The molecule has 110 valence electrons. The van der Waals surface area contributed by atoms with E-state index in [9.17, 15) is 4.79 Å². The van der Waals surface area contributed by atoms with Crippen LogP contribution in [0.4, 0.5) is 0 Å². The second-order valence-electron chi connectivity index (χ2n) is 5.15. The summed E-state index contributed by atoms with van der Waals surface area (Å²) >= 11 is 0. The number of amides is 1. The van der Waals surface area contributed by atoms with Gasteiger partial charge in [0.05, 0.1) is 5.69 Å². The molecule has 0 aliphatic carbocycles. The second kappa shape index (κ2) is 6.81. The van der Waals surface area contributed by atoms with E-state index in [-0.39, 0.29) is 5.91 Å². The SMILES string of the molecule is CCN(CC)C1CCN(C(=O)c2ccnc(CN)c2)C1. The zero-order valence-electron chi connectivity index (χ0n) is 12.4. The summed E-state index contributed by atoms with van der Waals surface area (Å²) in [5.74, 6) is 0.0942. The molecule has 1 saturated heterocycles. The van der Waals surface area contributed by atoms with E-state index in [4.69, 9.17) is 5.73 Å². The monoisotopic (exact) mass is 276 g/mol. The van der Waals surface area contributed by atoms with Crippen molar-refractivity contribution in [1.29, 1.82) is 0 Å². The Morgan fingerprint density at radius 2 is 2.25 bits per heavy atom. The lowest BCUT2D eigenvalue weighted by Gasteiger charge is -2.26. The first kappa shape index (κ1) is 14.9. The van der Waals surface area contributed by atoms with Crippen LogP contribution >= 0.6 is 0 Å². The second-order valence-corrected chi connectivity index (χ2v) is 5.15. The lowest BCUT2D eigenvalue weighted by Crippen LogP contribution is -2.38. The van der Waals surface area contributed by atoms with Crippen molar-refractivity contribution < 1.29 is 4.79 Å². The molecular weight excluding hydrogens is 252 g/mol. The summed E-state index contributed by atoms with van der Waals surface area (Å²) in [7, 11) is 0. The number of rotatable bonds is 5. The minimum atomic E-state index is 0.0942. The van der Waals surface area contributed by atoms with Gasteiger partial charge in [-0.2, -0.15) is 0 Å². The minimum absolute atomic E-state index is 0.0942. The maximum Gasteiger partial charge on any atom is 0.254 e. The van der Waals surface area contributed by atoms with Crippen molar-refractivity contribution in [2.24, 2.45) is 5.73 Å². The number of likely N-dealkylation sites (N-methyl/N-ethyl adjacent to an activating group) is 1. The van der Waals surface area contributed by atoms with E-state index < -0.39 is 0 Å². The van der Waals surface area contributed by atoms with Crippen LogP contribution in [-0.4, -0.2) is 52.9 Å². The summed E-state index contributed by atoms with van der Waals surface area (Å²) in [6.07, 6.45) is 2.72. The third kappa shape index (κ3) is 3.16. The lowest BCUT2D eigenvalue weighted by atomic mass is 10.2. The quantitative estimate of drug-likeness (QED) is 0.874. The average molecular weight is 276 g/mol. The van der Waals surface area contributed by atoms with Gasteiger partial charge in [0.1, 0.15) is 0 Å². The number of likely N-dealkylation sites (tertiary alicyclic amines) is 1. The number of hydrogen-bond acceptors (Lipinski definition) is 4. The molecule has 2 rings (SSSR count). The number of aromatic nitrogens is 1. The fraction of sp³-hybridized carbons (Fsp3) is 0.600. The summed E-state index contributed by atoms with van der Waals surface area (Å²) in [4.78, 5) is 21.0. The molecule has 1 amide bonds. The third-order valence-electron chi connectivity index (χ3n) is 4.05. The van der Waals surface area contributed by atoms with Crippen LogP contribution in [0.2, 0.25) is 0 Å². The Hall–Kier alpha value is -1.46. The van der Waals surface area contributed by atoms with Gasteiger partial charge < -0.3 is 10.6 Å². The molecule has 0 bridgehead atoms. The van der Waals surface area contributed by atoms with Gasteiger partial charge in [-0.15, -0.1) is 0 Å². The van der Waals surface area contributed by atoms with Crippen LogP contribution < -0.4 is 5.73 Å². The summed E-state index contributed by atoms with van der Waals surface area (Å²) in [5, 5.41) is 0. The molecule has 1 fully saturated rings. The first-order valence-corrected chi connectivity index (χ1v) is 7.37. The maximum atomic E-state index is 12.5. The highest BCUT2D eigenvalue weighted by Gasteiger charge is 2.29. The number of pyridine rings is 1. The van der Waals surface area contributed by atoms with Gasteiger partial charge in [0.15, 0.2) is 0 Å². The molecular formula is C15H24N4O. The van der Waals surface area contributed by atoms with E-state index in [1.165, 1.54) is 0 Å². The summed E-state index contributed by atoms with van der Waals surface area (Å²) in [6.45, 7) is 8.44. The molecule has 1 unspecified atom stereocenters. The zero-order valence-corrected chi connectivity index (χ0v) is 12.4. The van der Waals surface area contributed by atoms with Crippen molar-refractivity contribution in [3.05, 3.63) is 29.6 Å². The Bertz CT molecular complexity index is 459. The molecule has 2 heterocycles. The summed E-state index contributed by atoms with van der Waals surface area (Å²) in [6, 6.07) is 4.06. The summed E-state index contributed by atoms with van der Waals surface area (Å²) in [5.41, 5.74) is 7.03. The fourth-order valence-corrected chi connectivity index (χ4v) is 2.87. The van der Waals surface area contributed by atoms with Crippen molar-refractivity contribution in [3.63, 3.8) is 0 Å². The third-order valence-corrected chi connectivity index (χ3v) is 4.05. The van der Waals surface area contributed by atoms with Gasteiger partial charge in [0, 0.05) is 37.4 Å². The van der Waals surface area contributed by atoms with Gasteiger partial charge in [-0.05, 0) is 31.6 Å². The van der Waals surface area contributed by atoms with Crippen molar-refractivity contribution in [3.8, 4) is 0 Å². The molecule has 1 aliphatic heterocycles. The Balaban J connectivity index is 2.03. The normalized spacial score (nSPS) is 18.8. The van der Waals surface area contributed by atoms with Crippen LogP contribution in [0.25, 0.3) is 0 Å². The van der Waals surface area contributed by atoms with Crippen LogP contribution in [0.3, 0.4) is 0 Å². The molecule has 5 nitrogen and oxygen atoms in total. The number of carbonyl (C=O) groups excluding carboxylic acids is 1. The first-order chi connectivity index (χ1) is 9.69. The standard InChI is InChI=1S/C15H24N4O/c1-3-18(4-2)14-6-8-19(11-14)15(20)12-5-7-17-13(9-12)10-16/h5,7,9,14H,3-4,6,8,10-11,16H2,1-2H3. The maximum absolute atomic E-state index is 12.5. The van der Waals surface area contributed by atoms with E-state index in [0.29, 0.717) is 18.2 Å². The van der Waals surface area contributed by atoms with E-state index in [0.717, 1.165) is 38.3 Å². The van der Waals surface area contributed by atoms with E-state index in [1.807, 2.05) is 4.90 Å². The van der Waals surface area contributed by atoms with Gasteiger partial charge in [0.2, 0.25) is 0 Å². The van der Waals surface area contributed by atoms with E-state index in [1.54, 1.807) is 18.3 Å². The topological polar surface area (TPSA) is 62.5 Å². The number of hydrogen-bond donors (Lipinski definition) is 1. The van der Waals surface area contributed by atoms with Gasteiger partial charge in [0.25, 0.3) is 5.91 Å². The highest BCUT2D eigenvalue weighted by Crippen LogP contribution is 2.18. The molecule has 0 aromatic carbocycles. The van der Waals surface area contributed by atoms with E-state index in [2.05, 4.69) is 23.7 Å². The van der Waals surface area contributed by atoms with Gasteiger partial charge >= 0.3 is 0 Å². The van der Waals surface area contributed by atoms with Gasteiger partial charge in [-0.3, -0.25) is 14.7 Å². The Morgan fingerprint density at radius 1 is 1.50 bits per heavy atom. The Morgan fingerprint density at radius 3 is 2.90 bits per heavy atom. The Kier molecular flexibility index (Phi) is 5.09. The smallest absolute Gasteiger partial charge is 0.254 e. The lowest BCUT2D eigenvalue weighted by molar-refractivity contribution is 0.0777. The Labute approximate surface area is 120 Å². The summed E-state index contributed by atoms with van der Waals surface area (Å²) < 4.78 is 0. The van der Waals surface area contributed by atoms with Crippen LogP contribution in [0.5, 0.6) is 0 Å². The fourth-order valence-electron chi connectivity index (χ4n) is 2.87. The molecule has 5 heteroatoms. The molecule has 2 N–H and O–H groups in total. The van der Waals surface area contributed by atoms with Crippen molar-refractivity contribution >= 4 is 5.91 Å². The zero-order chi connectivity index (χ0) is 14.5. The number of carbonyl (C=O) groups is 1. The predicted octanol–water partition coefficient (Wildman–Crippen LogP) is 1.10. The van der Waals surface area contributed by atoms with Crippen LogP contribution in [0.15, 0.2) is 18.3 Å². The molecule has 0 spiro atoms. The molecule has 1 aromatic rings. The number of nitrogens with zero attached hydrogens (tertiary/aromatic N) is 3. The first-order valence-electron chi connectivity index (χ1n) is 7.37. The van der Waals surface area contributed by atoms with Crippen molar-refractivity contribution in [2.45, 2.75) is 32.9 Å². The molecule has 0 saturated carbocycles. The molecule has 1 aromatic heterocycles. The molecule has 20 heavy (non-hydrogen) atoms. The molecule has 0 radical (unpaired) electrons. The van der Waals surface area contributed by atoms with Crippen molar-refractivity contribution in [1.82, 2.24) is 14.8 Å². The van der Waals surface area contributed by atoms with Gasteiger partial charge in [-0.25, -0.2) is 0 Å². The van der Waals surface area contributed by atoms with Crippen molar-refractivity contribution in [2.75, 3.05) is 26.2 Å². The number of nitrogens with two attached hydrogens (primary N) is 1. The highest BCUT2D eigenvalue weighted by atomic mass is 16.2. The van der Waals surface area contributed by atoms with Gasteiger partial charge in [-0.1, -0.05) is 13.8 Å². The minimum Gasteiger partial charge on any atom is -0.337 e. The average Bonchev–Trinajstić information content (AvgIpc) is 2.97.